The Balaban J connectivity index is 1.01. The van der Waals surface area contributed by atoms with Gasteiger partial charge in [-0.1, -0.05) is 34.6 Å². The standard InChI is InChI=1S/C36H55NO7/c1-20-16-22(31(40)41)43-29-28(20)33(4)12-13-36-19-35(36)11-10-25(32(2,3)23(35)8-9-24(36)34(33,5)30(29)39)44-27-18-37(14-15-42-27)26(38)17-21-6-7-21/h20-25,27-30,39H,6-19H2,1-5H3,(H,40,41)/t20-,22?,23+,24?,25?,27?,28+,29?,30+,33?,34-,35?,36?/m1/s1. The van der Waals surface area contributed by atoms with E-state index >= 15 is 0 Å². The number of amides is 1. The monoisotopic (exact) mass is 613 g/mol. The predicted molar refractivity (Wildman–Crippen MR) is 162 cm³/mol. The predicted octanol–water partition coefficient (Wildman–Crippen LogP) is 5.25. The number of carboxylic acids is 1. The number of carbonyl (C=O) groups is 2. The van der Waals surface area contributed by atoms with Gasteiger partial charge in [0.2, 0.25) is 5.91 Å². The van der Waals surface area contributed by atoms with Crippen molar-refractivity contribution in [1.82, 2.24) is 4.90 Å². The highest BCUT2D eigenvalue weighted by Gasteiger charge is 2.84. The Morgan fingerprint density at radius 1 is 0.977 bits per heavy atom. The quantitative estimate of drug-likeness (QED) is 0.436. The third-order valence-corrected chi connectivity index (χ3v) is 15.9. The molecule has 8 fully saturated rings. The van der Waals surface area contributed by atoms with Crippen molar-refractivity contribution < 1.29 is 34.0 Å². The lowest BCUT2D eigenvalue weighted by Gasteiger charge is -2.63. The smallest absolute Gasteiger partial charge is 0.332 e. The van der Waals surface area contributed by atoms with Gasteiger partial charge in [-0.05, 0) is 115 Å². The number of hydrogen-bond donors (Lipinski definition) is 2. The van der Waals surface area contributed by atoms with Gasteiger partial charge in [0.25, 0.3) is 0 Å². The lowest BCUT2D eigenvalue weighted by molar-refractivity contribution is -0.248. The lowest BCUT2D eigenvalue weighted by Crippen LogP contribution is -2.60. The molecule has 8 rings (SSSR count). The van der Waals surface area contributed by atoms with Crippen LogP contribution in [-0.4, -0.2) is 77.4 Å². The maximum absolute atomic E-state index is 12.8. The van der Waals surface area contributed by atoms with E-state index in [-0.39, 0.29) is 57.2 Å². The molecule has 2 spiro atoms. The van der Waals surface area contributed by atoms with Crippen molar-refractivity contribution in [1.29, 1.82) is 0 Å². The molecule has 2 aliphatic heterocycles. The number of morpholine rings is 1. The van der Waals surface area contributed by atoms with E-state index in [1.807, 2.05) is 4.90 Å². The van der Waals surface area contributed by atoms with Crippen LogP contribution in [0.2, 0.25) is 0 Å². The van der Waals surface area contributed by atoms with E-state index in [0.717, 1.165) is 32.1 Å². The molecule has 0 aromatic heterocycles. The average molecular weight is 614 g/mol. The number of aliphatic hydroxyl groups excluding tert-OH is 1. The fraction of sp³-hybridized carbons (Fsp3) is 0.944. The third kappa shape index (κ3) is 3.83. The van der Waals surface area contributed by atoms with Gasteiger partial charge in [0.15, 0.2) is 12.4 Å². The molecule has 6 aliphatic carbocycles. The van der Waals surface area contributed by atoms with Crippen LogP contribution in [0.15, 0.2) is 0 Å². The molecule has 2 heterocycles. The second-order valence-electron chi connectivity index (χ2n) is 17.8. The van der Waals surface area contributed by atoms with Gasteiger partial charge in [0.1, 0.15) is 0 Å². The minimum atomic E-state index is -0.900. The van der Waals surface area contributed by atoms with Crippen LogP contribution >= 0.6 is 0 Å². The number of nitrogens with zero attached hydrogens (tertiary/aromatic N) is 1. The molecule has 44 heavy (non-hydrogen) atoms. The summed E-state index contributed by atoms with van der Waals surface area (Å²) in [7, 11) is 0. The first-order chi connectivity index (χ1) is 20.8. The Morgan fingerprint density at radius 2 is 1.70 bits per heavy atom. The van der Waals surface area contributed by atoms with Crippen molar-refractivity contribution in [3.8, 4) is 0 Å². The van der Waals surface area contributed by atoms with Crippen LogP contribution in [-0.2, 0) is 23.8 Å². The number of ether oxygens (including phenoxy) is 3. The molecule has 8 nitrogen and oxygen atoms in total. The maximum atomic E-state index is 12.8. The van der Waals surface area contributed by atoms with Crippen LogP contribution in [0.25, 0.3) is 0 Å². The molecule has 1 amide bonds. The zero-order valence-electron chi connectivity index (χ0n) is 27.6. The van der Waals surface area contributed by atoms with E-state index in [9.17, 15) is 19.8 Å². The summed E-state index contributed by atoms with van der Waals surface area (Å²) in [5.41, 5.74) is 0.160. The van der Waals surface area contributed by atoms with Crippen molar-refractivity contribution in [2.75, 3.05) is 19.7 Å². The van der Waals surface area contributed by atoms with Crippen LogP contribution in [0.4, 0.5) is 0 Å². The summed E-state index contributed by atoms with van der Waals surface area (Å²) < 4.78 is 19.2. The number of fused-ring (bicyclic) bond motifs is 4. The van der Waals surface area contributed by atoms with Gasteiger partial charge in [0, 0.05) is 18.4 Å². The SMILES string of the molecule is C[C@@H]1CC(C(=O)O)OC2[C@H]1C1(C)CCC34CC35CCC(OC3CN(C(=O)CC6CC6)CCO3)C(C)(C)[C@@H]5CCC4[C@]1(C)[C@H]2O. The van der Waals surface area contributed by atoms with Gasteiger partial charge >= 0.3 is 5.97 Å². The highest BCUT2D eigenvalue weighted by molar-refractivity contribution is 5.76. The van der Waals surface area contributed by atoms with Crippen LogP contribution in [0.3, 0.4) is 0 Å². The van der Waals surface area contributed by atoms with Gasteiger partial charge < -0.3 is 29.3 Å². The number of rotatable bonds is 5. The van der Waals surface area contributed by atoms with E-state index in [0.29, 0.717) is 50.3 Å². The van der Waals surface area contributed by atoms with Gasteiger partial charge in [-0.25, -0.2) is 4.79 Å². The normalized spacial score (nSPS) is 53.9. The minimum absolute atomic E-state index is 0.00729. The largest absolute Gasteiger partial charge is 0.479 e. The second-order valence-corrected chi connectivity index (χ2v) is 17.8. The summed E-state index contributed by atoms with van der Waals surface area (Å²) in [5, 5.41) is 22.0. The van der Waals surface area contributed by atoms with Crippen LogP contribution < -0.4 is 0 Å². The lowest BCUT2D eigenvalue weighted by atomic mass is 9.41. The van der Waals surface area contributed by atoms with Gasteiger partial charge in [-0.3, -0.25) is 4.79 Å². The molecule has 0 aromatic rings. The highest BCUT2D eigenvalue weighted by Crippen LogP contribution is 2.89. The Bertz CT molecular complexity index is 1220. The fourth-order valence-corrected chi connectivity index (χ4v) is 13.5. The number of aliphatic hydroxyl groups is 1. The summed E-state index contributed by atoms with van der Waals surface area (Å²) in [5.74, 6) is 1.33. The van der Waals surface area contributed by atoms with Crippen LogP contribution in [0, 0.1) is 56.7 Å². The Kier molecular flexibility index (Phi) is 6.62. The molecule has 0 radical (unpaired) electrons. The van der Waals surface area contributed by atoms with E-state index in [4.69, 9.17) is 14.2 Å². The first-order valence-electron chi connectivity index (χ1n) is 17.9. The molecular formula is C36H55NO7. The summed E-state index contributed by atoms with van der Waals surface area (Å²) in [6, 6.07) is 0. The Morgan fingerprint density at radius 3 is 2.43 bits per heavy atom. The molecular weight excluding hydrogens is 558 g/mol. The first-order valence-corrected chi connectivity index (χ1v) is 17.9. The molecule has 0 aromatic carbocycles. The zero-order chi connectivity index (χ0) is 31.0. The summed E-state index contributed by atoms with van der Waals surface area (Å²) >= 11 is 0. The van der Waals surface area contributed by atoms with Crippen LogP contribution in [0.1, 0.15) is 105 Å². The second kappa shape index (κ2) is 9.67. The molecule has 8 heteroatoms. The molecule has 246 valence electrons. The summed E-state index contributed by atoms with van der Waals surface area (Å²) in [6.07, 6.45) is 9.42. The molecule has 0 bridgehead atoms. The van der Waals surface area contributed by atoms with Gasteiger partial charge in [-0.2, -0.15) is 0 Å². The number of carbonyl (C=O) groups excluding carboxylic acids is 1. The first kappa shape index (κ1) is 30.1. The van der Waals surface area contributed by atoms with E-state index in [1.165, 1.54) is 25.7 Å². The van der Waals surface area contributed by atoms with E-state index in [2.05, 4.69) is 34.6 Å². The van der Waals surface area contributed by atoms with Crippen molar-refractivity contribution in [3.05, 3.63) is 0 Å². The van der Waals surface area contributed by atoms with Crippen molar-refractivity contribution in [2.24, 2.45) is 56.7 Å². The summed E-state index contributed by atoms with van der Waals surface area (Å²) in [6.45, 7) is 13.6. The van der Waals surface area contributed by atoms with Gasteiger partial charge in [-0.15, -0.1) is 0 Å². The van der Waals surface area contributed by atoms with E-state index < -0.39 is 24.3 Å². The van der Waals surface area contributed by atoms with E-state index in [1.54, 1.807) is 0 Å². The fourth-order valence-electron chi connectivity index (χ4n) is 13.5. The van der Waals surface area contributed by atoms with Crippen molar-refractivity contribution in [2.45, 2.75) is 136 Å². The maximum Gasteiger partial charge on any atom is 0.332 e. The average Bonchev–Trinajstić information content (AvgIpc) is 3.90. The highest BCUT2D eigenvalue weighted by atomic mass is 16.7. The third-order valence-electron chi connectivity index (χ3n) is 15.9. The number of aliphatic carboxylic acids is 1. The molecule has 6 saturated carbocycles. The Hall–Kier alpha value is -1.22. The number of carboxylic acid groups (broad SMARTS) is 1. The topological polar surface area (TPSA) is 106 Å². The number of hydrogen-bond acceptors (Lipinski definition) is 6. The molecule has 8 unspecified atom stereocenters. The molecule has 8 aliphatic rings. The summed E-state index contributed by atoms with van der Waals surface area (Å²) in [4.78, 5) is 26.8. The Labute approximate surface area is 262 Å². The van der Waals surface area contributed by atoms with Crippen molar-refractivity contribution >= 4 is 11.9 Å². The van der Waals surface area contributed by atoms with Gasteiger partial charge in [0.05, 0.1) is 31.5 Å². The van der Waals surface area contributed by atoms with Crippen molar-refractivity contribution in [3.63, 3.8) is 0 Å². The molecule has 13 atom stereocenters. The minimum Gasteiger partial charge on any atom is -0.479 e. The molecule has 2 saturated heterocycles. The van der Waals surface area contributed by atoms with Crippen LogP contribution in [0.5, 0.6) is 0 Å². The zero-order valence-corrected chi connectivity index (χ0v) is 27.6. The molecule has 2 N–H and O–H groups in total.